The number of nitro groups is 1. The number of carbonyl (C=O) groups is 1. The van der Waals surface area contributed by atoms with Gasteiger partial charge in [0.2, 0.25) is 0 Å². The Kier molecular flexibility index (Phi) is 5.76. The summed E-state index contributed by atoms with van der Waals surface area (Å²) in [5.74, 6) is -0.128. The second-order valence-corrected chi connectivity index (χ2v) is 6.92. The molecule has 1 aliphatic rings. The van der Waals surface area contributed by atoms with Crippen molar-refractivity contribution in [2.45, 2.75) is 6.54 Å². The third-order valence-electron chi connectivity index (χ3n) is 4.40. The topological polar surface area (TPSA) is 66.7 Å². The molecule has 1 heterocycles. The molecule has 1 saturated heterocycles. The summed E-state index contributed by atoms with van der Waals surface area (Å²) in [6, 6.07) is 11.6. The Morgan fingerprint density at radius 3 is 2.42 bits per heavy atom. The number of hydrogen-bond acceptors (Lipinski definition) is 4. The summed E-state index contributed by atoms with van der Waals surface area (Å²) >= 11 is 12.0. The Bertz CT molecular complexity index is 836. The van der Waals surface area contributed by atoms with Gasteiger partial charge >= 0.3 is 0 Å². The molecule has 8 heteroatoms. The van der Waals surface area contributed by atoms with E-state index in [-0.39, 0.29) is 16.5 Å². The van der Waals surface area contributed by atoms with Crippen LogP contribution in [0.25, 0.3) is 0 Å². The maximum atomic E-state index is 12.6. The Hall–Kier alpha value is -2.15. The standard InChI is InChI=1S/C18H17Cl2N3O3/c19-14-5-6-15(16(20)11-14)18(24)22-9-7-21(8-10-22)12-13-3-1-2-4-17(13)23(25)26/h1-6,11H,7-10,12H2. The predicted octanol–water partition coefficient (Wildman–Crippen LogP) is 3.86. The average molecular weight is 394 g/mol. The predicted molar refractivity (Wildman–Crippen MR) is 101 cm³/mol. The molecule has 0 aliphatic carbocycles. The van der Waals surface area contributed by atoms with E-state index < -0.39 is 0 Å². The normalized spacial score (nSPS) is 15.1. The summed E-state index contributed by atoms with van der Waals surface area (Å²) in [7, 11) is 0. The molecule has 1 amide bonds. The molecule has 1 aliphatic heterocycles. The highest BCUT2D eigenvalue weighted by Gasteiger charge is 2.25. The van der Waals surface area contributed by atoms with Crippen LogP contribution < -0.4 is 0 Å². The zero-order valence-electron chi connectivity index (χ0n) is 13.9. The monoisotopic (exact) mass is 393 g/mol. The Labute approximate surface area is 161 Å². The molecule has 0 radical (unpaired) electrons. The highest BCUT2D eigenvalue weighted by Crippen LogP contribution is 2.24. The van der Waals surface area contributed by atoms with Crippen LogP contribution in [0.15, 0.2) is 42.5 Å². The molecule has 2 aromatic carbocycles. The smallest absolute Gasteiger partial charge is 0.273 e. The minimum atomic E-state index is -0.363. The van der Waals surface area contributed by atoms with Crippen molar-refractivity contribution in [2.75, 3.05) is 26.2 Å². The number of nitrogens with zero attached hydrogens (tertiary/aromatic N) is 3. The minimum Gasteiger partial charge on any atom is -0.336 e. The van der Waals surface area contributed by atoms with Crippen molar-refractivity contribution in [2.24, 2.45) is 0 Å². The largest absolute Gasteiger partial charge is 0.336 e. The fourth-order valence-electron chi connectivity index (χ4n) is 3.01. The molecule has 0 aromatic heterocycles. The van der Waals surface area contributed by atoms with Gasteiger partial charge in [0, 0.05) is 49.4 Å². The van der Waals surface area contributed by atoms with E-state index in [9.17, 15) is 14.9 Å². The second kappa shape index (κ2) is 8.03. The number of nitro benzene ring substituents is 1. The van der Waals surface area contributed by atoms with E-state index in [0.29, 0.717) is 53.9 Å². The van der Waals surface area contributed by atoms with Crippen LogP contribution in [0.1, 0.15) is 15.9 Å². The van der Waals surface area contributed by atoms with Crippen LogP contribution in [0.5, 0.6) is 0 Å². The molecular formula is C18H17Cl2N3O3. The summed E-state index contributed by atoms with van der Waals surface area (Å²) in [6.45, 7) is 2.85. The molecule has 26 heavy (non-hydrogen) atoms. The molecule has 0 bridgehead atoms. The van der Waals surface area contributed by atoms with E-state index in [1.54, 1.807) is 41.3 Å². The quantitative estimate of drug-likeness (QED) is 0.584. The van der Waals surface area contributed by atoms with Crippen molar-refractivity contribution in [1.82, 2.24) is 9.80 Å². The van der Waals surface area contributed by atoms with Crippen LogP contribution in [0.2, 0.25) is 10.0 Å². The van der Waals surface area contributed by atoms with Gasteiger partial charge in [-0.1, -0.05) is 41.4 Å². The summed E-state index contributed by atoms with van der Waals surface area (Å²) in [4.78, 5) is 27.2. The van der Waals surface area contributed by atoms with Crippen LogP contribution in [-0.2, 0) is 6.54 Å². The first-order chi connectivity index (χ1) is 12.5. The number of amides is 1. The van der Waals surface area contributed by atoms with Gasteiger partial charge in [-0.3, -0.25) is 19.8 Å². The van der Waals surface area contributed by atoms with Crippen LogP contribution in [0.4, 0.5) is 5.69 Å². The van der Waals surface area contributed by atoms with E-state index in [0.717, 1.165) is 0 Å². The summed E-state index contributed by atoms with van der Waals surface area (Å²) in [5.41, 5.74) is 1.24. The van der Waals surface area contributed by atoms with E-state index >= 15 is 0 Å². The Balaban J connectivity index is 1.63. The number of benzene rings is 2. The van der Waals surface area contributed by atoms with Crippen LogP contribution in [0.3, 0.4) is 0 Å². The maximum absolute atomic E-state index is 12.6. The van der Waals surface area contributed by atoms with E-state index in [2.05, 4.69) is 4.90 Å². The van der Waals surface area contributed by atoms with Crippen molar-refractivity contribution in [3.05, 3.63) is 73.8 Å². The lowest BCUT2D eigenvalue weighted by Gasteiger charge is -2.34. The molecule has 3 rings (SSSR count). The first-order valence-corrected chi connectivity index (χ1v) is 8.90. The van der Waals surface area contributed by atoms with Crippen molar-refractivity contribution in [1.29, 1.82) is 0 Å². The van der Waals surface area contributed by atoms with Crippen molar-refractivity contribution in [3.8, 4) is 0 Å². The van der Waals surface area contributed by atoms with Gasteiger partial charge in [-0.15, -0.1) is 0 Å². The molecule has 1 fully saturated rings. The summed E-state index contributed by atoms with van der Waals surface area (Å²) in [6.07, 6.45) is 0. The Morgan fingerprint density at radius 1 is 1.08 bits per heavy atom. The molecule has 0 N–H and O–H groups in total. The first-order valence-electron chi connectivity index (χ1n) is 8.14. The van der Waals surface area contributed by atoms with E-state index in [1.165, 1.54) is 6.07 Å². The number of hydrogen-bond donors (Lipinski definition) is 0. The minimum absolute atomic E-state index is 0.124. The fourth-order valence-corrected chi connectivity index (χ4v) is 3.50. The molecule has 136 valence electrons. The first kappa shape index (κ1) is 18.6. The van der Waals surface area contributed by atoms with Crippen molar-refractivity contribution < 1.29 is 9.72 Å². The Morgan fingerprint density at radius 2 is 1.77 bits per heavy atom. The third kappa shape index (κ3) is 4.15. The van der Waals surface area contributed by atoms with Gasteiger partial charge in [0.1, 0.15) is 0 Å². The lowest BCUT2D eigenvalue weighted by atomic mass is 10.1. The lowest BCUT2D eigenvalue weighted by molar-refractivity contribution is -0.385. The van der Waals surface area contributed by atoms with Gasteiger partial charge in [-0.2, -0.15) is 0 Å². The lowest BCUT2D eigenvalue weighted by Crippen LogP contribution is -2.48. The van der Waals surface area contributed by atoms with Crippen molar-refractivity contribution in [3.63, 3.8) is 0 Å². The number of piperazine rings is 1. The van der Waals surface area contributed by atoms with Crippen LogP contribution in [0, 0.1) is 10.1 Å². The maximum Gasteiger partial charge on any atom is 0.273 e. The SMILES string of the molecule is O=C(c1ccc(Cl)cc1Cl)N1CCN(Cc2ccccc2[N+](=O)[O-])CC1. The highest BCUT2D eigenvalue weighted by molar-refractivity contribution is 6.36. The van der Waals surface area contributed by atoms with Gasteiger partial charge < -0.3 is 4.90 Å². The summed E-state index contributed by atoms with van der Waals surface area (Å²) < 4.78 is 0. The molecular weight excluding hydrogens is 377 g/mol. The molecule has 6 nitrogen and oxygen atoms in total. The van der Waals surface area contributed by atoms with E-state index in [1.807, 2.05) is 0 Å². The zero-order valence-corrected chi connectivity index (χ0v) is 15.4. The van der Waals surface area contributed by atoms with Gasteiger partial charge in [0.25, 0.3) is 11.6 Å². The van der Waals surface area contributed by atoms with Gasteiger partial charge in [0.05, 0.1) is 15.5 Å². The van der Waals surface area contributed by atoms with Crippen LogP contribution in [-0.4, -0.2) is 46.8 Å². The molecule has 2 aromatic rings. The number of para-hydroxylation sites is 1. The zero-order chi connectivity index (χ0) is 18.7. The van der Waals surface area contributed by atoms with Crippen molar-refractivity contribution >= 4 is 34.8 Å². The van der Waals surface area contributed by atoms with E-state index in [4.69, 9.17) is 23.2 Å². The molecule has 0 saturated carbocycles. The second-order valence-electron chi connectivity index (χ2n) is 6.08. The highest BCUT2D eigenvalue weighted by atomic mass is 35.5. The van der Waals surface area contributed by atoms with Gasteiger partial charge in [0.15, 0.2) is 0 Å². The van der Waals surface area contributed by atoms with Crippen LogP contribution >= 0.6 is 23.2 Å². The number of carbonyl (C=O) groups excluding carboxylic acids is 1. The molecule has 0 atom stereocenters. The number of rotatable bonds is 4. The van der Waals surface area contributed by atoms with Gasteiger partial charge in [-0.25, -0.2) is 0 Å². The number of halogens is 2. The molecule has 0 unspecified atom stereocenters. The average Bonchev–Trinajstić information content (AvgIpc) is 2.62. The fraction of sp³-hybridized carbons (Fsp3) is 0.278. The molecule has 0 spiro atoms. The summed E-state index contributed by atoms with van der Waals surface area (Å²) in [5, 5.41) is 12.0. The van der Waals surface area contributed by atoms with Gasteiger partial charge in [-0.05, 0) is 18.2 Å². The third-order valence-corrected chi connectivity index (χ3v) is 4.95.